The van der Waals surface area contributed by atoms with Crippen molar-refractivity contribution in [3.05, 3.63) is 22.2 Å². The van der Waals surface area contributed by atoms with Gasteiger partial charge in [0, 0.05) is 6.42 Å². The van der Waals surface area contributed by atoms with Gasteiger partial charge in [0.15, 0.2) is 0 Å². The first kappa shape index (κ1) is 13.1. The van der Waals surface area contributed by atoms with Crippen molar-refractivity contribution in [1.29, 1.82) is 0 Å². The van der Waals surface area contributed by atoms with Crippen molar-refractivity contribution in [1.82, 2.24) is 15.3 Å². The summed E-state index contributed by atoms with van der Waals surface area (Å²) in [4.78, 5) is 29.3. The van der Waals surface area contributed by atoms with Crippen LogP contribution in [0.2, 0.25) is 0 Å². The molecule has 1 aromatic rings. The Bertz CT molecular complexity index is 569. The van der Waals surface area contributed by atoms with E-state index >= 15 is 0 Å². The van der Waals surface area contributed by atoms with E-state index in [0.29, 0.717) is 12.3 Å². The van der Waals surface area contributed by atoms with Crippen molar-refractivity contribution < 1.29 is 9.90 Å². The Kier molecular flexibility index (Phi) is 3.46. The number of fused-ring (bicyclic) bond motifs is 2. The summed E-state index contributed by atoms with van der Waals surface area (Å²) in [6, 6.07) is 1.00. The lowest BCUT2D eigenvalue weighted by atomic mass is 9.86. The van der Waals surface area contributed by atoms with E-state index < -0.39 is 5.56 Å². The summed E-state index contributed by atoms with van der Waals surface area (Å²) in [5.74, 6) is 2.02. The van der Waals surface area contributed by atoms with Gasteiger partial charge in [-0.15, -0.1) is 0 Å². The van der Waals surface area contributed by atoms with E-state index in [-0.39, 0.29) is 24.2 Å². The fraction of sp³-hybridized carbons (Fsp3) is 0.643. The molecule has 108 valence electrons. The Hall–Kier alpha value is -1.85. The Morgan fingerprint density at radius 1 is 1.45 bits per heavy atom. The minimum Gasteiger partial charge on any atom is -0.493 e. The van der Waals surface area contributed by atoms with E-state index in [4.69, 9.17) is 0 Å². The molecule has 2 aliphatic carbocycles. The Balaban J connectivity index is 1.51. The van der Waals surface area contributed by atoms with Crippen molar-refractivity contribution in [2.75, 3.05) is 0 Å². The average molecular weight is 277 g/mol. The van der Waals surface area contributed by atoms with Crippen LogP contribution < -0.4 is 10.9 Å². The number of hydrogen-bond donors (Lipinski definition) is 3. The molecule has 0 aromatic carbocycles. The number of carbonyl (C=O) groups is 1. The van der Waals surface area contributed by atoms with Gasteiger partial charge >= 0.3 is 0 Å². The molecule has 2 fully saturated rings. The third-order valence-corrected chi connectivity index (χ3v) is 4.56. The molecule has 20 heavy (non-hydrogen) atoms. The van der Waals surface area contributed by atoms with Gasteiger partial charge in [0.05, 0.1) is 12.6 Å². The SMILES string of the molecule is O=C(CC1CC2CCC1C2)NCc1nc(O)cc(=O)[nH]1. The molecule has 2 aliphatic rings. The van der Waals surface area contributed by atoms with Gasteiger partial charge in [0.2, 0.25) is 11.8 Å². The van der Waals surface area contributed by atoms with E-state index in [9.17, 15) is 14.7 Å². The highest BCUT2D eigenvalue weighted by atomic mass is 16.3. The lowest BCUT2D eigenvalue weighted by molar-refractivity contribution is -0.122. The number of aromatic nitrogens is 2. The summed E-state index contributed by atoms with van der Waals surface area (Å²) in [5.41, 5.74) is -0.421. The van der Waals surface area contributed by atoms with Crippen LogP contribution >= 0.6 is 0 Å². The summed E-state index contributed by atoms with van der Waals surface area (Å²) >= 11 is 0. The van der Waals surface area contributed by atoms with Crippen molar-refractivity contribution in [3.8, 4) is 5.88 Å². The summed E-state index contributed by atoms with van der Waals surface area (Å²) < 4.78 is 0. The summed E-state index contributed by atoms with van der Waals surface area (Å²) in [5, 5.41) is 12.0. The normalized spacial score (nSPS) is 27.7. The Morgan fingerprint density at radius 2 is 2.30 bits per heavy atom. The van der Waals surface area contributed by atoms with Crippen LogP contribution in [0, 0.1) is 17.8 Å². The van der Waals surface area contributed by atoms with E-state index in [1.165, 1.54) is 25.7 Å². The molecule has 0 spiro atoms. The van der Waals surface area contributed by atoms with Crippen LogP contribution in [0.5, 0.6) is 5.88 Å². The molecule has 2 bridgehead atoms. The highest BCUT2D eigenvalue weighted by Crippen LogP contribution is 2.49. The third kappa shape index (κ3) is 2.84. The number of aromatic amines is 1. The minimum atomic E-state index is -0.421. The Labute approximate surface area is 116 Å². The van der Waals surface area contributed by atoms with Crippen molar-refractivity contribution in [3.63, 3.8) is 0 Å². The van der Waals surface area contributed by atoms with Crippen LogP contribution in [0.3, 0.4) is 0 Å². The van der Waals surface area contributed by atoms with Crippen LogP contribution in [-0.4, -0.2) is 21.0 Å². The molecule has 1 amide bonds. The van der Waals surface area contributed by atoms with Gasteiger partial charge in [0.25, 0.3) is 5.56 Å². The second kappa shape index (κ2) is 5.26. The monoisotopic (exact) mass is 277 g/mol. The maximum Gasteiger partial charge on any atom is 0.254 e. The Morgan fingerprint density at radius 3 is 2.95 bits per heavy atom. The fourth-order valence-electron chi connectivity index (χ4n) is 3.70. The molecule has 1 aromatic heterocycles. The van der Waals surface area contributed by atoms with Crippen LogP contribution in [-0.2, 0) is 11.3 Å². The number of amides is 1. The molecule has 1 heterocycles. The second-order valence-electron chi connectivity index (χ2n) is 5.97. The van der Waals surface area contributed by atoms with Gasteiger partial charge in [-0.2, -0.15) is 4.98 Å². The average Bonchev–Trinajstić information content (AvgIpc) is 2.97. The van der Waals surface area contributed by atoms with E-state index in [1.807, 2.05) is 0 Å². The van der Waals surface area contributed by atoms with Crippen LogP contribution in [0.4, 0.5) is 0 Å². The van der Waals surface area contributed by atoms with Crippen molar-refractivity contribution >= 4 is 5.91 Å². The summed E-state index contributed by atoms with van der Waals surface area (Å²) in [6.45, 7) is 0.142. The predicted octanol–water partition coefficient (Wildman–Crippen LogP) is 0.918. The molecule has 2 saturated carbocycles. The second-order valence-corrected chi connectivity index (χ2v) is 5.97. The van der Waals surface area contributed by atoms with Crippen LogP contribution in [0.25, 0.3) is 0 Å². The number of rotatable bonds is 4. The molecule has 3 atom stereocenters. The van der Waals surface area contributed by atoms with Crippen LogP contribution in [0.15, 0.2) is 10.9 Å². The van der Waals surface area contributed by atoms with Gasteiger partial charge in [-0.1, -0.05) is 6.42 Å². The van der Waals surface area contributed by atoms with Gasteiger partial charge in [-0.25, -0.2) is 0 Å². The summed E-state index contributed by atoms with van der Waals surface area (Å²) in [6.07, 6.45) is 5.63. The van der Waals surface area contributed by atoms with E-state index in [1.54, 1.807) is 0 Å². The molecule has 3 unspecified atom stereocenters. The highest BCUT2D eigenvalue weighted by molar-refractivity contribution is 5.76. The molecule has 6 nitrogen and oxygen atoms in total. The predicted molar refractivity (Wildman–Crippen MR) is 71.9 cm³/mol. The molecule has 3 rings (SSSR count). The minimum absolute atomic E-state index is 0.00598. The summed E-state index contributed by atoms with van der Waals surface area (Å²) in [7, 11) is 0. The lowest BCUT2D eigenvalue weighted by Crippen LogP contribution is -2.28. The molecule has 0 aliphatic heterocycles. The molecule has 6 heteroatoms. The largest absolute Gasteiger partial charge is 0.493 e. The molecule has 0 radical (unpaired) electrons. The zero-order chi connectivity index (χ0) is 14.1. The number of hydrogen-bond acceptors (Lipinski definition) is 4. The number of nitrogens with zero attached hydrogens (tertiary/aromatic N) is 1. The van der Waals surface area contributed by atoms with Crippen molar-refractivity contribution in [2.45, 2.75) is 38.6 Å². The van der Waals surface area contributed by atoms with Gasteiger partial charge < -0.3 is 15.4 Å². The van der Waals surface area contributed by atoms with Gasteiger partial charge in [-0.05, 0) is 37.0 Å². The van der Waals surface area contributed by atoms with Crippen LogP contribution in [0.1, 0.15) is 37.9 Å². The first-order valence-corrected chi connectivity index (χ1v) is 7.16. The van der Waals surface area contributed by atoms with Gasteiger partial charge in [-0.3, -0.25) is 9.59 Å². The smallest absolute Gasteiger partial charge is 0.254 e. The fourth-order valence-corrected chi connectivity index (χ4v) is 3.70. The standard InChI is InChI=1S/C14H19N3O3/c18-12(5-10-4-8-1-2-9(10)3-8)15-7-11-16-13(19)6-14(20)17-11/h6,8-10H,1-5,7H2,(H,15,18)(H2,16,17,19,20). The quantitative estimate of drug-likeness (QED) is 0.762. The number of nitrogens with one attached hydrogen (secondary N) is 2. The molecule has 3 N–H and O–H groups in total. The van der Waals surface area contributed by atoms with E-state index in [2.05, 4.69) is 15.3 Å². The first-order valence-electron chi connectivity index (χ1n) is 7.16. The third-order valence-electron chi connectivity index (χ3n) is 4.56. The first-order chi connectivity index (χ1) is 9.60. The maximum absolute atomic E-state index is 11.9. The van der Waals surface area contributed by atoms with Crippen molar-refractivity contribution in [2.24, 2.45) is 17.8 Å². The zero-order valence-electron chi connectivity index (χ0n) is 11.3. The topological polar surface area (TPSA) is 95.1 Å². The molecule has 0 saturated heterocycles. The zero-order valence-corrected chi connectivity index (χ0v) is 11.3. The molecular formula is C14H19N3O3. The number of aromatic hydroxyl groups is 1. The number of H-pyrrole nitrogens is 1. The highest BCUT2D eigenvalue weighted by Gasteiger charge is 2.39. The molecular weight excluding hydrogens is 258 g/mol. The van der Waals surface area contributed by atoms with E-state index in [0.717, 1.165) is 17.9 Å². The number of carbonyl (C=O) groups excluding carboxylic acids is 1. The lowest BCUT2D eigenvalue weighted by Gasteiger charge is -2.20. The maximum atomic E-state index is 11.9. The van der Waals surface area contributed by atoms with Gasteiger partial charge in [0.1, 0.15) is 5.82 Å².